The number of nitrogens with one attached hydrogen (secondary N) is 1. The topological polar surface area (TPSA) is 63.1 Å². The zero-order valence-corrected chi connectivity index (χ0v) is 21.8. The maximum absolute atomic E-state index is 13.5. The van der Waals surface area contributed by atoms with Crippen LogP contribution in [0.5, 0.6) is 0 Å². The molecule has 0 radical (unpaired) electrons. The standard InChI is InChI=1S/C28H24Cl2FN5O/c1-17(24-5-3-4-12-32-24)33-28(37)26-22-16-35(2)15-19(13-18-6-9-21(31)10-7-18)27(22)36(34-26)25-11-8-20(29)14-23(25)30/h3-14,17H,15-16H2,1-2H3,(H,33,37). The zero-order chi connectivity index (χ0) is 26.1. The second-order valence-corrected chi connectivity index (χ2v) is 9.87. The predicted octanol–water partition coefficient (Wildman–Crippen LogP) is 6.19. The molecule has 2 aromatic heterocycles. The molecule has 0 saturated carbocycles. The van der Waals surface area contributed by atoms with Gasteiger partial charge in [0.05, 0.1) is 28.1 Å². The number of fused-ring (bicyclic) bond motifs is 1. The first kappa shape index (κ1) is 25.1. The first-order chi connectivity index (χ1) is 17.8. The molecule has 5 rings (SSSR count). The zero-order valence-electron chi connectivity index (χ0n) is 20.3. The number of hydrogen-bond acceptors (Lipinski definition) is 4. The highest BCUT2D eigenvalue weighted by molar-refractivity contribution is 6.35. The van der Waals surface area contributed by atoms with Crippen molar-refractivity contribution in [3.63, 3.8) is 0 Å². The number of nitrogens with zero attached hydrogens (tertiary/aromatic N) is 4. The summed E-state index contributed by atoms with van der Waals surface area (Å²) in [5.41, 5.74) is 4.97. The van der Waals surface area contributed by atoms with Gasteiger partial charge in [-0.15, -0.1) is 0 Å². The Bertz CT molecular complexity index is 1480. The number of pyridine rings is 1. The van der Waals surface area contributed by atoms with Crippen LogP contribution in [-0.2, 0) is 6.54 Å². The number of hydrogen-bond donors (Lipinski definition) is 1. The summed E-state index contributed by atoms with van der Waals surface area (Å²) in [6, 6.07) is 16.7. The van der Waals surface area contributed by atoms with Gasteiger partial charge in [-0.2, -0.15) is 5.10 Å². The summed E-state index contributed by atoms with van der Waals surface area (Å²) >= 11 is 12.7. The molecule has 188 valence electrons. The van der Waals surface area contributed by atoms with Crippen LogP contribution in [0.25, 0.3) is 17.3 Å². The fourth-order valence-electron chi connectivity index (χ4n) is 4.48. The van der Waals surface area contributed by atoms with Crippen LogP contribution in [0.3, 0.4) is 0 Å². The fraction of sp³-hybridized carbons (Fsp3) is 0.179. The molecule has 0 aliphatic carbocycles. The summed E-state index contributed by atoms with van der Waals surface area (Å²) in [4.78, 5) is 20.0. The minimum Gasteiger partial charge on any atom is -0.343 e. The van der Waals surface area contributed by atoms with Crippen molar-refractivity contribution in [1.82, 2.24) is 25.0 Å². The quantitative estimate of drug-likeness (QED) is 0.331. The van der Waals surface area contributed by atoms with Crippen LogP contribution in [0.4, 0.5) is 4.39 Å². The molecule has 0 fully saturated rings. The molecule has 1 amide bonds. The smallest absolute Gasteiger partial charge is 0.272 e. The Kier molecular flexibility index (Phi) is 7.11. The van der Waals surface area contributed by atoms with Gasteiger partial charge in [-0.1, -0.05) is 41.4 Å². The average Bonchev–Trinajstić information content (AvgIpc) is 3.25. The number of rotatable bonds is 5. The molecular formula is C28H24Cl2FN5O. The van der Waals surface area contributed by atoms with Crippen molar-refractivity contribution in [1.29, 1.82) is 0 Å². The molecule has 1 unspecified atom stereocenters. The maximum atomic E-state index is 13.5. The van der Waals surface area contributed by atoms with E-state index in [-0.39, 0.29) is 17.8 Å². The molecule has 1 aliphatic rings. The number of carbonyl (C=O) groups excluding carboxylic acids is 1. The molecular weight excluding hydrogens is 512 g/mol. The van der Waals surface area contributed by atoms with Crippen LogP contribution in [0.1, 0.15) is 46.0 Å². The molecule has 0 saturated heterocycles. The van der Waals surface area contributed by atoms with Crippen molar-refractivity contribution in [2.75, 3.05) is 13.6 Å². The third-order valence-electron chi connectivity index (χ3n) is 6.20. The lowest BCUT2D eigenvalue weighted by Gasteiger charge is -2.26. The lowest BCUT2D eigenvalue weighted by molar-refractivity contribution is 0.0932. The number of benzene rings is 2. The van der Waals surface area contributed by atoms with Gasteiger partial charge < -0.3 is 5.32 Å². The Labute approximate surface area is 224 Å². The van der Waals surface area contributed by atoms with Crippen molar-refractivity contribution in [2.45, 2.75) is 19.5 Å². The summed E-state index contributed by atoms with van der Waals surface area (Å²) in [6.07, 6.45) is 3.67. The second kappa shape index (κ2) is 10.5. The minimum absolute atomic E-state index is 0.303. The molecule has 1 N–H and O–H groups in total. The van der Waals surface area contributed by atoms with Crippen LogP contribution in [0.15, 0.2) is 66.9 Å². The fourth-order valence-corrected chi connectivity index (χ4v) is 4.97. The third-order valence-corrected chi connectivity index (χ3v) is 6.74. The molecule has 1 atom stereocenters. The number of aromatic nitrogens is 3. The lowest BCUT2D eigenvalue weighted by atomic mass is 9.97. The number of halogens is 3. The van der Waals surface area contributed by atoms with Gasteiger partial charge in [0, 0.05) is 29.9 Å². The van der Waals surface area contributed by atoms with E-state index >= 15 is 0 Å². The Morgan fingerprint density at radius 2 is 1.89 bits per heavy atom. The molecule has 6 nitrogen and oxygen atoms in total. The first-order valence-corrected chi connectivity index (χ1v) is 12.5. The molecule has 4 aromatic rings. The third kappa shape index (κ3) is 5.30. The van der Waals surface area contributed by atoms with E-state index in [1.54, 1.807) is 41.2 Å². The normalized spacial score (nSPS) is 15.4. The van der Waals surface area contributed by atoms with E-state index in [1.165, 1.54) is 12.1 Å². The van der Waals surface area contributed by atoms with E-state index in [0.717, 1.165) is 28.1 Å². The SMILES string of the molecule is CC(NC(=O)c1nn(-c2ccc(Cl)cc2Cl)c2c1CN(C)CC2=Cc1ccc(F)cc1)c1ccccn1. The van der Waals surface area contributed by atoms with Crippen molar-refractivity contribution >= 4 is 40.8 Å². The Morgan fingerprint density at radius 3 is 2.59 bits per heavy atom. The summed E-state index contributed by atoms with van der Waals surface area (Å²) < 4.78 is 15.2. The van der Waals surface area contributed by atoms with Gasteiger partial charge in [-0.25, -0.2) is 9.07 Å². The average molecular weight is 536 g/mol. The highest BCUT2D eigenvalue weighted by Crippen LogP contribution is 2.35. The largest absolute Gasteiger partial charge is 0.343 e. The lowest BCUT2D eigenvalue weighted by Crippen LogP contribution is -2.31. The molecule has 2 aromatic carbocycles. The predicted molar refractivity (Wildman–Crippen MR) is 144 cm³/mol. The molecule has 3 heterocycles. The first-order valence-electron chi connectivity index (χ1n) is 11.7. The maximum Gasteiger partial charge on any atom is 0.272 e. The van der Waals surface area contributed by atoms with Gasteiger partial charge in [0.1, 0.15) is 5.82 Å². The van der Waals surface area contributed by atoms with Crippen molar-refractivity contribution in [3.8, 4) is 5.69 Å². The van der Waals surface area contributed by atoms with E-state index < -0.39 is 0 Å². The summed E-state index contributed by atoms with van der Waals surface area (Å²) in [7, 11) is 1.98. The highest BCUT2D eigenvalue weighted by atomic mass is 35.5. The van der Waals surface area contributed by atoms with Crippen LogP contribution in [0, 0.1) is 5.82 Å². The molecule has 0 spiro atoms. The van der Waals surface area contributed by atoms with Crippen molar-refractivity contribution < 1.29 is 9.18 Å². The molecule has 9 heteroatoms. The van der Waals surface area contributed by atoms with E-state index in [4.69, 9.17) is 28.3 Å². The van der Waals surface area contributed by atoms with Crippen molar-refractivity contribution in [2.24, 2.45) is 0 Å². The van der Waals surface area contributed by atoms with Crippen molar-refractivity contribution in [3.05, 3.63) is 111 Å². The van der Waals surface area contributed by atoms with E-state index in [2.05, 4.69) is 15.2 Å². The Hall–Kier alpha value is -3.52. The number of carbonyl (C=O) groups is 1. The minimum atomic E-state index is -0.316. The van der Waals surface area contributed by atoms with Gasteiger partial charge in [-0.05, 0) is 73.6 Å². The molecule has 0 bridgehead atoms. The van der Waals surface area contributed by atoms with E-state index in [1.807, 2.05) is 38.2 Å². The number of amides is 1. The highest BCUT2D eigenvalue weighted by Gasteiger charge is 2.31. The second-order valence-electron chi connectivity index (χ2n) is 9.03. The van der Waals surface area contributed by atoms with Crippen LogP contribution in [0.2, 0.25) is 10.0 Å². The molecule has 1 aliphatic heterocycles. The van der Waals surface area contributed by atoms with E-state index in [9.17, 15) is 9.18 Å². The molecule has 37 heavy (non-hydrogen) atoms. The Balaban J connectivity index is 1.64. The van der Waals surface area contributed by atoms with Gasteiger partial charge in [0.15, 0.2) is 5.69 Å². The summed E-state index contributed by atoms with van der Waals surface area (Å²) in [5.74, 6) is -0.614. The number of likely N-dealkylation sites (N-methyl/N-ethyl adjacent to an activating group) is 1. The van der Waals surface area contributed by atoms with Gasteiger partial charge in [0.25, 0.3) is 5.91 Å². The van der Waals surface area contributed by atoms with Gasteiger partial charge >= 0.3 is 0 Å². The van der Waals surface area contributed by atoms with Gasteiger partial charge in [0.2, 0.25) is 0 Å². The van der Waals surface area contributed by atoms with Crippen LogP contribution >= 0.6 is 23.2 Å². The van der Waals surface area contributed by atoms with E-state index in [0.29, 0.717) is 34.5 Å². The summed E-state index contributed by atoms with van der Waals surface area (Å²) in [6.45, 7) is 3.00. The summed E-state index contributed by atoms with van der Waals surface area (Å²) in [5, 5.41) is 8.70. The monoisotopic (exact) mass is 535 g/mol. The Morgan fingerprint density at radius 1 is 1.11 bits per heavy atom. The van der Waals surface area contributed by atoms with Crippen LogP contribution in [-0.4, -0.2) is 39.2 Å². The van der Waals surface area contributed by atoms with Crippen LogP contribution < -0.4 is 5.32 Å². The van der Waals surface area contributed by atoms with Gasteiger partial charge in [-0.3, -0.25) is 14.7 Å².